The summed E-state index contributed by atoms with van der Waals surface area (Å²) in [5.74, 6) is 1.35. The molecule has 3 aliphatic rings. The van der Waals surface area contributed by atoms with Gasteiger partial charge in [0.25, 0.3) is 0 Å². The van der Waals surface area contributed by atoms with Crippen molar-refractivity contribution < 1.29 is 9.47 Å². The molecule has 0 radical (unpaired) electrons. The monoisotopic (exact) mass is 637 g/mol. The molecule has 0 amide bonds. The molecule has 1 aliphatic heterocycles. The first-order valence-electron chi connectivity index (χ1n) is 20.8. The van der Waals surface area contributed by atoms with Gasteiger partial charge in [-0.1, -0.05) is 146 Å². The molecule has 0 N–H and O–H groups in total. The van der Waals surface area contributed by atoms with Crippen LogP contribution >= 0.6 is 0 Å². The Bertz CT molecular complexity index is 769. The molecule has 0 bridgehead atoms. The van der Waals surface area contributed by atoms with Crippen molar-refractivity contribution in [3.05, 3.63) is 48.6 Å². The van der Waals surface area contributed by atoms with Crippen LogP contribution in [0.2, 0.25) is 0 Å². The Morgan fingerprint density at radius 1 is 0.435 bits per heavy atom. The summed E-state index contributed by atoms with van der Waals surface area (Å²) >= 11 is 0. The number of ether oxygens (including phenoxy) is 2. The fraction of sp³-hybridized carbons (Fsp3) is 0.818. The Hall–Kier alpha value is -1.12. The summed E-state index contributed by atoms with van der Waals surface area (Å²) in [7, 11) is 0. The highest BCUT2D eigenvalue weighted by Crippen LogP contribution is 2.57. The predicted octanol–water partition coefficient (Wildman–Crippen LogP) is 14.3. The molecule has 0 spiro atoms. The van der Waals surface area contributed by atoms with E-state index in [-0.39, 0.29) is 5.79 Å². The SMILES string of the molecule is CCCCC/C=C\C/C=C\CCCCCCCCC1(CCCCCCCC/C=C\C/C=C\CCCCC)O[C@@H]2[C@H]3CCC[C@H]3[C@@H]2O1. The highest BCUT2D eigenvalue weighted by atomic mass is 16.8. The molecule has 2 aliphatic carbocycles. The summed E-state index contributed by atoms with van der Waals surface area (Å²) in [6.07, 6.45) is 57.5. The van der Waals surface area contributed by atoms with Gasteiger partial charge in [0.05, 0.1) is 12.2 Å². The number of allylic oxidation sites excluding steroid dienone is 8. The fourth-order valence-electron chi connectivity index (χ4n) is 8.13. The number of fused-ring (bicyclic) bond motifs is 4. The van der Waals surface area contributed by atoms with Gasteiger partial charge in [0, 0.05) is 12.8 Å². The van der Waals surface area contributed by atoms with E-state index in [1.807, 2.05) is 0 Å². The fourth-order valence-corrected chi connectivity index (χ4v) is 8.13. The molecule has 1 saturated heterocycles. The molecule has 4 atom stereocenters. The minimum Gasteiger partial charge on any atom is -0.344 e. The second-order valence-corrected chi connectivity index (χ2v) is 15.0. The molecule has 46 heavy (non-hydrogen) atoms. The van der Waals surface area contributed by atoms with Crippen molar-refractivity contribution in [3.8, 4) is 0 Å². The molecule has 0 aromatic carbocycles. The standard InChI is InChI=1S/C44H76O2/c1-3-5-7-9-11-13-15-17-19-21-23-25-27-29-31-33-38-44(45-42-40-36-35-37-41(40)43(42)46-44)39-34-32-30-28-26-24-22-20-18-16-14-12-10-8-6-4-2/h11-14,17-20,40-43H,3-10,15-16,21-39H2,1-2H3/b13-11-,14-12-,19-17-,20-18-/t40-,41+,42+,43-. The van der Waals surface area contributed by atoms with E-state index in [0.29, 0.717) is 12.2 Å². The summed E-state index contributed by atoms with van der Waals surface area (Å²) in [5.41, 5.74) is 0. The van der Waals surface area contributed by atoms with Crippen LogP contribution in [0, 0.1) is 11.8 Å². The zero-order valence-corrected chi connectivity index (χ0v) is 30.8. The van der Waals surface area contributed by atoms with Crippen molar-refractivity contribution in [1.82, 2.24) is 0 Å². The Morgan fingerprint density at radius 3 is 1.17 bits per heavy atom. The number of unbranched alkanes of at least 4 members (excludes halogenated alkanes) is 18. The van der Waals surface area contributed by atoms with Crippen molar-refractivity contribution in [3.63, 3.8) is 0 Å². The third-order valence-corrected chi connectivity index (χ3v) is 11.0. The smallest absolute Gasteiger partial charge is 0.169 e. The number of rotatable bonds is 30. The Balaban J connectivity index is 1.20. The van der Waals surface area contributed by atoms with Crippen LogP contribution in [0.1, 0.15) is 200 Å². The second kappa shape index (κ2) is 25.8. The lowest BCUT2D eigenvalue weighted by molar-refractivity contribution is -0.182. The van der Waals surface area contributed by atoms with Gasteiger partial charge in [-0.15, -0.1) is 0 Å². The molecular weight excluding hydrogens is 560 g/mol. The average Bonchev–Trinajstić information content (AvgIpc) is 3.64. The van der Waals surface area contributed by atoms with Gasteiger partial charge in [-0.05, 0) is 102 Å². The van der Waals surface area contributed by atoms with Crippen molar-refractivity contribution in [2.75, 3.05) is 0 Å². The van der Waals surface area contributed by atoms with E-state index in [0.717, 1.165) is 37.5 Å². The molecule has 2 nitrogen and oxygen atoms in total. The van der Waals surface area contributed by atoms with E-state index in [4.69, 9.17) is 9.47 Å². The van der Waals surface area contributed by atoms with Gasteiger partial charge in [-0.3, -0.25) is 0 Å². The van der Waals surface area contributed by atoms with Crippen molar-refractivity contribution >= 4 is 0 Å². The first-order chi connectivity index (χ1) is 22.8. The summed E-state index contributed by atoms with van der Waals surface area (Å²) in [5, 5.41) is 0. The van der Waals surface area contributed by atoms with Crippen LogP contribution < -0.4 is 0 Å². The van der Waals surface area contributed by atoms with Crippen molar-refractivity contribution in [2.45, 2.75) is 218 Å². The van der Waals surface area contributed by atoms with Crippen LogP contribution in [0.15, 0.2) is 48.6 Å². The third-order valence-electron chi connectivity index (χ3n) is 11.0. The average molecular weight is 637 g/mol. The van der Waals surface area contributed by atoms with Gasteiger partial charge in [-0.2, -0.15) is 0 Å². The molecule has 3 rings (SSSR count). The molecule has 2 saturated carbocycles. The zero-order valence-electron chi connectivity index (χ0n) is 30.8. The zero-order chi connectivity index (χ0) is 32.4. The van der Waals surface area contributed by atoms with E-state index in [1.165, 1.54) is 161 Å². The maximum Gasteiger partial charge on any atom is 0.169 e. The maximum absolute atomic E-state index is 6.86. The molecular formula is C44H76O2. The van der Waals surface area contributed by atoms with Crippen LogP contribution in [-0.2, 0) is 9.47 Å². The summed E-state index contributed by atoms with van der Waals surface area (Å²) < 4.78 is 13.7. The van der Waals surface area contributed by atoms with Gasteiger partial charge in [0.15, 0.2) is 5.79 Å². The Morgan fingerprint density at radius 2 is 0.783 bits per heavy atom. The molecule has 2 heteroatoms. The van der Waals surface area contributed by atoms with Crippen LogP contribution in [-0.4, -0.2) is 18.0 Å². The highest BCUT2D eigenvalue weighted by Gasteiger charge is 2.62. The van der Waals surface area contributed by atoms with Crippen LogP contribution in [0.3, 0.4) is 0 Å². The topological polar surface area (TPSA) is 18.5 Å². The third kappa shape index (κ3) is 15.9. The van der Waals surface area contributed by atoms with Crippen LogP contribution in [0.5, 0.6) is 0 Å². The van der Waals surface area contributed by atoms with Crippen LogP contribution in [0.25, 0.3) is 0 Å². The lowest BCUT2D eigenvalue weighted by Gasteiger charge is -2.41. The highest BCUT2D eigenvalue weighted by molar-refractivity contribution is 5.07. The Kier molecular flexibility index (Phi) is 22.1. The molecule has 3 fully saturated rings. The first kappa shape index (κ1) is 39.3. The molecule has 0 unspecified atom stereocenters. The van der Waals surface area contributed by atoms with E-state index in [1.54, 1.807) is 0 Å². The molecule has 0 aromatic heterocycles. The van der Waals surface area contributed by atoms with Gasteiger partial charge >= 0.3 is 0 Å². The maximum atomic E-state index is 6.86. The lowest BCUT2D eigenvalue weighted by atomic mass is 9.71. The molecule has 1 heterocycles. The van der Waals surface area contributed by atoms with E-state index in [9.17, 15) is 0 Å². The van der Waals surface area contributed by atoms with Crippen LogP contribution in [0.4, 0.5) is 0 Å². The van der Waals surface area contributed by atoms with E-state index >= 15 is 0 Å². The minimum atomic E-state index is -0.260. The second-order valence-electron chi connectivity index (χ2n) is 15.0. The summed E-state index contributed by atoms with van der Waals surface area (Å²) in [6.45, 7) is 4.55. The largest absolute Gasteiger partial charge is 0.344 e. The van der Waals surface area contributed by atoms with E-state index in [2.05, 4.69) is 62.5 Å². The molecule has 0 aromatic rings. The van der Waals surface area contributed by atoms with Gasteiger partial charge in [0.1, 0.15) is 0 Å². The van der Waals surface area contributed by atoms with Gasteiger partial charge in [-0.25, -0.2) is 0 Å². The normalized spacial score (nSPS) is 23.8. The van der Waals surface area contributed by atoms with Gasteiger partial charge < -0.3 is 9.47 Å². The number of hydrogen-bond acceptors (Lipinski definition) is 2. The Labute approximate surface area is 287 Å². The van der Waals surface area contributed by atoms with Crippen molar-refractivity contribution in [1.29, 1.82) is 0 Å². The summed E-state index contributed by atoms with van der Waals surface area (Å²) in [4.78, 5) is 0. The van der Waals surface area contributed by atoms with Gasteiger partial charge in [0.2, 0.25) is 0 Å². The van der Waals surface area contributed by atoms with E-state index < -0.39 is 0 Å². The summed E-state index contributed by atoms with van der Waals surface area (Å²) in [6, 6.07) is 0. The first-order valence-corrected chi connectivity index (χ1v) is 20.8. The quantitative estimate of drug-likeness (QED) is 0.0577. The molecule has 264 valence electrons. The predicted molar refractivity (Wildman–Crippen MR) is 201 cm³/mol. The minimum absolute atomic E-state index is 0.260. The number of hydrogen-bond donors (Lipinski definition) is 0. The lowest BCUT2D eigenvalue weighted by Crippen LogP contribution is -2.50. The van der Waals surface area contributed by atoms with Crippen molar-refractivity contribution in [2.24, 2.45) is 11.8 Å².